The first-order chi connectivity index (χ1) is 7.83. The highest BCUT2D eigenvalue weighted by molar-refractivity contribution is 7.17. The van der Waals surface area contributed by atoms with Gasteiger partial charge in [0, 0.05) is 23.3 Å². The molecule has 1 aromatic heterocycles. The van der Waals surface area contributed by atoms with Gasteiger partial charge in [-0.2, -0.15) is 0 Å². The molecule has 0 amide bonds. The molecule has 0 aliphatic rings. The molecule has 2 aromatic rings. The van der Waals surface area contributed by atoms with E-state index >= 15 is 0 Å². The Morgan fingerprint density at radius 2 is 2.25 bits per heavy atom. The van der Waals surface area contributed by atoms with Crippen LogP contribution in [0.4, 0.5) is 0 Å². The maximum absolute atomic E-state index is 12.0. The highest BCUT2D eigenvalue weighted by Crippen LogP contribution is 2.25. The molecule has 0 spiro atoms. The van der Waals surface area contributed by atoms with E-state index in [-0.39, 0.29) is 5.78 Å². The average Bonchev–Trinajstić information content (AvgIpc) is 2.76. The number of fused-ring (bicyclic) bond motifs is 1. The summed E-state index contributed by atoms with van der Waals surface area (Å²) in [4.78, 5) is 12.0. The van der Waals surface area contributed by atoms with E-state index in [4.69, 9.17) is 4.74 Å². The Hall–Kier alpha value is -1.19. The van der Waals surface area contributed by atoms with Gasteiger partial charge in [-0.25, -0.2) is 0 Å². The number of carbonyl (C=O) groups excluding carboxylic acids is 1. The zero-order chi connectivity index (χ0) is 11.4. The Morgan fingerprint density at radius 1 is 1.38 bits per heavy atom. The molecule has 1 aromatic carbocycles. The molecule has 0 aliphatic carbocycles. The van der Waals surface area contributed by atoms with Crippen molar-refractivity contribution in [1.82, 2.24) is 0 Å². The van der Waals surface area contributed by atoms with Crippen molar-refractivity contribution in [3.8, 4) is 0 Å². The van der Waals surface area contributed by atoms with Crippen molar-refractivity contribution in [2.24, 2.45) is 0 Å². The van der Waals surface area contributed by atoms with Gasteiger partial charge in [-0.3, -0.25) is 4.79 Å². The molecule has 0 saturated carbocycles. The molecule has 3 heteroatoms. The quantitative estimate of drug-likeness (QED) is 0.584. The highest BCUT2D eigenvalue weighted by atomic mass is 32.1. The van der Waals surface area contributed by atoms with E-state index in [9.17, 15) is 4.79 Å². The first kappa shape index (κ1) is 11.3. The molecule has 2 rings (SSSR count). The van der Waals surface area contributed by atoms with Gasteiger partial charge in [-0.15, -0.1) is 11.3 Å². The van der Waals surface area contributed by atoms with Crippen LogP contribution in [0, 0.1) is 0 Å². The monoisotopic (exact) mass is 234 g/mol. The Kier molecular flexibility index (Phi) is 3.70. The molecule has 0 atom stereocenters. The third-order valence-corrected chi connectivity index (χ3v) is 3.42. The molecule has 0 unspecified atom stereocenters. The summed E-state index contributed by atoms with van der Waals surface area (Å²) in [6.07, 6.45) is 0.463. The van der Waals surface area contributed by atoms with E-state index < -0.39 is 0 Å². The number of hydrogen-bond donors (Lipinski definition) is 0. The van der Waals surface area contributed by atoms with E-state index in [2.05, 4.69) is 0 Å². The number of Topliss-reactive ketones (excluding diaryl/α,β-unsaturated/α-hetero) is 1. The largest absolute Gasteiger partial charge is 0.381 e. The fourth-order valence-electron chi connectivity index (χ4n) is 1.66. The molecule has 0 bridgehead atoms. The molecule has 1 heterocycles. The van der Waals surface area contributed by atoms with Gasteiger partial charge in [0.25, 0.3) is 0 Å². The van der Waals surface area contributed by atoms with Crippen molar-refractivity contribution in [3.05, 3.63) is 35.2 Å². The van der Waals surface area contributed by atoms with Gasteiger partial charge in [0.2, 0.25) is 0 Å². The van der Waals surface area contributed by atoms with Crippen molar-refractivity contribution in [2.75, 3.05) is 13.2 Å². The summed E-state index contributed by atoms with van der Waals surface area (Å²) < 4.78 is 6.29. The first-order valence-electron chi connectivity index (χ1n) is 5.40. The fourth-order valence-corrected chi connectivity index (χ4v) is 2.59. The van der Waals surface area contributed by atoms with E-state index in [0.717, 1.165) is 15.6 Å². The zero-order valence-electron chi connectivity index (χ0n) is 9.23. The molecular formula is C13H14O2S. The van der Waals surface area contributed by atoms with Crippen molar-refractivity contribution < 1.29 is 9.53 Å². The third kappa shape index (κ3) is 2.31. The van der Waals surface area contributed by atoms with Crippen LogP contribution < -0.4 is 0 Å². The van der Waals surface area contributed by atoms with Gasteiger partial charge in [0.05, 0.1) is 6.61 Å². The van der Waals surface area contributed by atoms with Crippen LogP contribution in [0.25, 0.3) is 10.1 Å². The van der Waals surface area contributed by atoms with Crippen LogP contribution in [0.3, 0.4) is 0 Å². The SMILES string of the molecule is CCOCCC(=O)c1cccc2ccsc12. The number of rotatable bonds is 5. The lowest BCUT2D eigenvalue weighted by Gasteiger charge is -2.02. The van der Waals surface area contributed by atoms with Crippen LogP contribution in [0.1, 0.15) is 23.7 Å². The highest BCUT2D eigenvalue weighted by Gasteiger charge is 2.10. The van der Waals surface area contributed by atoms with E-state index in [1.165, 1.54) is 0 Å². The van der Waals surface area contributed by atoms with Crippen molar-refractivity contribution >= 4 is 27.2 Å². The maximum atomic E-state index is 12.0. The summed E-state index contributed by atoms with van der Waals surface area (Å²) in [5, 5.41) is 3.16. The standard InChI is InChI=1S/C13H14O2S/c1-2-15-8-6-12(14)11-5-3-4-10-7-9-16-13(10)11/h3-5,7,9H,2,6,8H2,1H3. The smallest absolute Gasteiger partial charge is 0.166 e. The van der Waals surface area contributed by atoms with Crippen molar-refractivity contribution in [2.45, 2.75) is 13.3 Å². The number of ether oxygens (including phenoxy) is 1. The van der Waals surface area contributed by atoms with Crippen molar-refractivity contribution in [3.63, 3.8) is 0 Å². The summed E-state index contributed by atoms with van der Waals surface area (Å²) in [6.45, 7) is 3.11. The normalized spacial score (nSPS) is 10.8. The van der Waals surface area contributed by atoms with Crippen LogP contribution in [-0.2, 0) is 4.74 Å². The molecule has 0 fully saturated rings. The van der Waals surface area contributed by atoms with Crippen LogP contribution in [-0.4, -0.2) is 19.0 Å². The molecule has 0 radical (unpaired) electrons. The summed E-state index contributed by atoms with van der Waals surface area (Å²) in [6, 6.07) is 7.90. The minimum absolute atomic E-state index is 0.168. The Balaban J connectivity index is 2.19. The number of thiophene rings is 1. The van der Waals surface area contributed by atoms with Gasteiger partial charge in [0.15, 0.2) is 5.78 Å². The maximum Gasteiger partial charge on any atom is 0.166 e. The second kappa shape index (κ2) is 5.23. The third-order valence-electron chi connectivity index (χ3n) is 2.46. The molecule has 16 heavy (non-hydrogen) atoms. The lowest BCUT2D eigenvalue weighted by molar-refractivity contribution is 0.0897. The predicted molar refractivity (Wildman–Crippen MR) is 67.3 cm³/mol. The lowest BCUT2D eigenvalue weighted by atomic mass is 10.1. The number of hydrogen-bond acceptors (Lipinski definition) is 3. The zero-order valence-corrected chi connectivity index (χ0v) is 10.0. The van der Waals surface area contributed by atoms with Crippen molar-refractivity contribution in [1.29, 1.82) is 0 Å². The minimum Gasteiger partial charge on any atom is -0.381 e. The molecule has 84 valence electrons. The molecule has 2 nitrogen and oxygen atoms in total. The van der Waals surface area contributed by atoms with E-state index in [1.807, 2.05) is 36.6 Å². The van der Waals surface area contributed by atoms with Gasteiger partial charge in [-0.1, -0.05) is 12.1 Å². The van der Waals surface area contributed by atoms with E-state index in [0.29, 0.717) is 19.6 Å². The van der Waals surface area contributed by atoms with Gasteiger partial charge >= 0.3 is 0 Å². The van der Waals surface area contributed by atoms with Gasteiger partial charge in [0.1, 0.15) is 0 Å². The molecule has 0 N–H and O–H groups in total. The van der Waals surface area contributed by atoms with Crippen LogP contribution in [0.15, 0.2) is 29.6 Å². The van der Waals surface area contributed by atoms with Gasteiger partial charge < -0.3 is 4.74 Å². The average molecular weight is 234 g/mol. The minimum atomic E-state index is 0.168. The van der Waals surface area contributed by atoms with Crippen LogP contribution in [0.2, 0.25) is 0 Å². The van der Waals surface area contributed by atoms with Crippen LogP contribution in [0.5, 0.6) is 0 Å². The Labute approximate surface area is 98.9 Å². The molecule has 0 aliphatic heterocycles. The number of carbonyl (C=O) groups is 1. The van der Waals surface area contributed by atoms with E-state index in [1.54, 1.807) is 11.3 Å². The molecule has 0 saturated heterocycles. The summed E-state index contributed by atoms with van der Waals surface area (Å²) in [7, 11) is 0. The predicted octanol–water partition coefficient (Wildman–Crippen LogP) is 3.51. The number of ketones is 1. The summed E-state index contributed by atoms with van der Waals surface area (Å²) in [5.41, 5.74) is 0.826. The topological polar surface area (TPSA) is 26.3 Å². The lowest BCUT2D eigenvalue weighted by Crippen LogP contribution is -2.04. The Bertz CT molecular complexity index is 487. The molecular weight excluding hydrogens is 220 g/mol. The summed E-state index contributed by atoms with van der Waals surface area (Å²) in [5.74, 6) is 0.168. The van der Waals surface area contributed by atoms with Crippen LogP contribution >= 0.6 is 11.3 Å². The summed E-state index contributed by atoms with van der Waals surface area (Å²) >= 11 is 1.62. The fraction of sp³-hybridized carbons (Fsp3) is 0.308. The van der Waals surface area contributed by atoms with Gasteiger partial charge in [-0.05, 0) is 29.8 Å². The first-order valence-corrected chi connectivity index (χ1v) is 6.28. The number of benzene rings is 1. The second-order valence-corrected chi connectivity index (χ2v) is 4.43. The Morgan fingerprint density at radius 3 is 3.06 bits per heavy atom. The second-order valence-electron chi connectivity index (χ2n) is 3.51.